The molecule has 2 aromatic rings. The maximum Gasteiger partial charge on any atom is 0.147 e. The molecule has 0 atom stereocenters. The fraction of sp³-hybridized carbons (Fsp3) is 0.133. The van der Waals surface area contributed by atoms with Crippen LogP contribution < -0.4 is 14.8 Å². The third-order valence-corrected chi connectivity index (χ3v) is 3.14. The predicted octanol–water partition coefficient (Wildman–Crippen LogP) is 4.11. The second-order valence-electron chi connectivity index (χ2n) is 4.12. The molecule has 21 heavy (non-hydrogen) atoms. The van der Waals surface area contributed by atoms with E-state index < -0.39 is 5.82 Å². The average Bonchev–Trinajstić information content (AvgIpc) is 2.50. The summed E-state index contributed by atoms with van der Waals surface area (Å²) in [4.78, 5) is 0. The van der Waals surface area contributed by atoms with Crippen molar-refractivity contribution in [1.29, 1.82) is 5.26 Å². The normalized spacial score (nSPS) is 9.86. The maximum atomic E-state index is 13.9. The lowest BCUT2D eigenvalue weighted by atomic mass is 10.2. The van der Waals surface area contributed by atoms with E-state index >= 15 is 0 Å². The van der Waals surface area contributed by atoms with Crippen LogP contribution in [0.1, 0.15) is 5.56 Å². The number of anilines is 2. The van der Waals surface area contributed by atoms with Gasteiger partial charge in [0.25, 0.3) is 0 Å². The van der Waals surface area contributed by atoms with Crippen LogP contribution in [-0.4, -0.2) is 14.2 Å². The largest absolute Gasteiger partial charge is 0.495 e. The molecule has 0 amide bonds. The number of rotatable bonds is 4. The Morgan fingerprint density at radius 2 is 1.81 bits per heavy atom. The first-order chi connectivity index (χ1) is 10.1. The molecule has 4 nitrogen and oxygen atoms in total. The minimum Gasteiger partial charge on any atom is -0.495 e. The minimum atomic E-state index is -0.537. The molecule has 0 unspecified atom stereocenters. The molecule has 0 fully saturated rings. The van der Waals surface area contributed by atoms with E-state index in [1.807, 2.05) is 6.07 Å². The average molecular weight is 307 g/mol. The summed E-state index contributed by atoms with van der Waals surface area (Å²) in [5, 5.41) is 12.0. The molecule has 108 valence electrons. The third kappa shape index (κ3) is 3.18. The van der Waals surface area contributed by atoms with E-state index in [2.05, 4.69) is 5.32 Å². The molecule has 0 heterocycles. The third-order valence-electron chi connectivity index (χ3n) is 2.84. The number of halogens is 2. The lowest BCUT2D eigenvalue weighted by Crippen LogP contribution is -1.98. The maximum absolute atomic E-state index is 13.9. The summed E-state index contributed by atoms with van der Waals surface area (Å²) in [5.41, 5.74) is 0.970. The molecule has 0 bridgehead atoms. The van der Waals surface area contributed by atoms with Crippen LogP contribution in [0.25, 0.3) is 0 Å². The minimum absolute atomic E-state index is 0.219. The van der Waals surface area contributed by atoms with Gasteiger partial charge < -0.3 is 14.8 Å². The smallest absolute Gasteiger partial charge is 0.147 e. The van der Waals surface area contributed by atoms with E-state index in [4.69, 9.17) is 26.3 Å². The van der Waals surface area contributed by atoms with E-state index in [1.54, 1.807) is 12.1 Å². The van der Waals surface area contributed by atoms with E-state index in [0.29, 0.717) is 22.2 Å². The van der Waals surface area contributed by atoms with E-state index in [9.17, 15) is 4.39 Å². The highest BCUT2D eigenvalue weighted by Crippen LogP contribution is 2.37. The van der Waals surface area contributed by atoms with Crippen molar-refractivity contribution in [2.75, 3.05) is 19.5 Å². The van der Waals surface area contributed by atoms with Gasteiger partial charge in [0, 0.05) is 12.1 Å². The molecule has 0 aliphatic carbocycles. The number of nitriles is 1. The van der Waals surface area contributed by atoms with Crippen LogP contribution in [0.3, 0.4) is 0 Å². The van der Waals surface area contributed by atoms with Crippen molar-refractivity contribution < 1.29 is 13.9 Å². The molecular weight excluding hydrogens is 295 g/mol. The van der Waals surface area contributed by atoms with Crippen LogP contribution in [0.4, 0.5) is 15.8 Å². The Bertz CT molecular complexity index is 714. The van der Waals surface area contributed by atoms with Gasteiger partial charge in [-0.05, 0) is 18.2 Å². The zero-order chi connectivity index (χ0) is 15.4. The van der Waals surface area contributed by atoms with Crippen molar-refractivity contribution in [3.63, 3.8) is 0 Å². The van der Waals surface area contributed by atoms with Gasteiger partial charge in [0.05, 0.1) is 42.2 Å². The second-order valence-corrected chi connectivity index (χ2v) is 4.53. The van der Waals surface area contributed by atoms with Crippen LogP contribution in [0.15, 0.2) is 30.3 Å². The summed E-state index contributed by atoms with van der Waals surface area (Å²) in [6.07, 6.45) is 0. The van der Waals surface area contributed by atoms with Crippen LogP contribution >= 0.6 is 11.6 Å². The quantitative estimate of drug-likeness (QED) is 0.923. The highest BCUT2D eigenvalue weighted by Gasteiger charge is 2.12. The predicted molar refractivity (Wildman–Crippen MR) is 79.0 cm³/mol. The monoisotopic (exact) mass is 306 g/mol. The van der Waals surface area contributed by atoms with Gasteiger partial charge in [-0.1, -0.05) is 11.6 Å². The van der Waals surface area contributed by atoms with Gasteiger partial charge in [0.1, 0.15) is 17.3 Å². The number of benzene rings is 2. The Kier molecular flexibility index (Phi) is 4.51. The molecule has 0 saturated heterocycles. The molecule has 1 N–H and O–H groups in total. The molecule has 0 aliphatic rings. The van der Waals surface area contributed by atoms with E-state index in [0.717, 1.165) is 6.07 Å². The van der Waals surface area contributed by atoms with Crippen LogP contribution in [0, 0.1) is 17.1 Å². The summed E-state index contributed by atoms with van der Waals surface area (Å²) < 4.78 is 24.2. The summed E-state index contributed by atoms with van der Waals surface area (Å²) in [6.45, 7) is 0. The standard InChI is InChI=1S/C15H12ClFN2O2/c1-20-14-7-13(15(21-2)6-10(14)16)19-12-4-3-9(8-18)5-11(12)17/h3-7,19H,1-2H3. The zero-order valence-corrected chi connectivity index (χ0v) is 12.2. The summed E-state index contributed by atoms with van der Waals surface area (Å²) in [7, 11) is 2.97. The van der Waals surface area contributed by atoms with Gasteiger partial charge in [-0.3, -0.25) is 0 Å². The molecule has 0 aliphatic heterocycles. The van der Waals surface area contributed by atoms with Gasteiger partial charge in [0.15, 0.2) is 0 Å². The summed E-state index contributed by atoms with van der Waals surface area (Å²) in [5.74, 6) is 0.351. The SMILES string of the molecule is COc1cc(Nc2ccc(C#N)cc2F)c(OC)cc1Cl. The lowest BCUT2D eigenvalue weighted by molar-refractivity contribution is 0.405. The van der Waals surface area contributed by atoms with Crippen molar-refractivity contribution in [1.82, 2.24) is 0 Å². The van der Waals surface area contributed by atoms with Gasteiger partial charge in [-0.2, -0.15) is 5.26 Å². The van der Waals surface area contributed by atoms with Crippen molar-refractivity contribution >= 4 is 23.0 Å². The molecule has 0 spiro atoms. The number of methoxy groups -OCH3 is 2. The molecular formula is C15H12ClFN2O2. The Hall–Kier alpha value is -2.45. The molecule has 2 rings (SSSR count). The fourth-order valence-electron chi connectivity index (χ4n) is 1.79. The Morgan fingerprint density at radius 1 is 1.10 bits per heavy atom. The first kappa shape index (κ1) is 14.9. The lowest BCUT2D eigenvalue weighted by Gasteiger charge is -2.14. The van der Waals surface area contributed by atoms with Gasteiger partial charge in [-0.15, -0.1) is 0 Å². The van der Waals surface area contributed by atoms with Gasteiger partial charge in [0.2, 0.25) is 0 Å². The van der Waals surface area contributed by atoms with Crippen molar-refractivity contribution in [2.24, 2.45) is 0 Å². The summed E-state index contributed by atoms with van der Waals surface area (Å²) >= 11 is 6.01. The second kappa shape index (κ2) is 6.33. The molecule has 0 aromatic heterocycles. The van der Waals surface area contributed by atoms with E-state index in [-0.39, 0.29) is 11.3 Å². The molecule has 6 heteroatoms. The van der Waals surface area contributed by atoms with Crippen molar-refractivity contribution in [3.05, 3.63) is 46.7 Å². The van der Waals surface area contributed by atoms with Crippen molar-refractivity contribution in [2.45, 2.75) is 0 Å². The number of nitrogens with one attached hydrogen (secondary N) is 1. The number of hydrogen-bond donors (Lipinski definition) is 1. The van der Waals surface area contributed by atoms with Crippen LogP contribution in [0.2, 0.25) is 5.02 Å². The molecule has 2 aromatic carbocycles. The number of nitrogens with zero attached hydrogens (tertiary/aromatic N) is 1. The topological polar surface area (TPSA) is 54.3 Å². The highest BCUT2D eigenvalue weighted by atomic mass is 35.5. The number of ether oxygens (including phenoxy) is 2. The summed E-state index contributed by atoms with van der Waals surface area (Å²) in [6, 6.07) is 9.22. The Labute approximate surface area is 126 Å². The van der Waals surface area contributed by atoms with Crippen LogP contribution in [-0.2, 0) is 0 Å². The fourth-order valence-corrected chi connectivity index (χ4v) is 2.02. The van der Waals surface area contributed by atoms with Crippen LogP contribution in [0.5, 0.6) is 11.5 Å². The first-order valence-corrected chi connectivity index (χ1v) is 6.35. The van der Waals surface area contributed by atoms with Crippen molar-refractivity contribution in [3.8, 4) is 17.6 Å². The Morgan fingerprint density at radius 3 is 2.38 bits per heavy atom. The number of hydrogen-bond acceptors (Lipinski definition) is 4. The molecule has 0 saturated carbocycles. The zero-order valence-electron chi connectivity index (χ0n) is 11.4. The highest BCUT2D eigenvalue weighted by molar-refractivity contribution is 6.32. The van der Waals surface area contributed by atoms with Gasteiger partial charge >= 0.3 is 0 Å². The Balaban J connectivity index is 2.41. The van der Waals surface area contributed by atoms with E-state index in [1.165, 1.54) is 26.4 Å². The molecule has 0 radical (unpaired) electrons. The van der Waals surface area contributed by atoms with Gasteiger partial charge in [-0.25, -0.2) is 4.39 Å². The first-order valence-electron chi connectivity index (χ1n) is 5.97.